The van der Waals surface area contributed by atoms with Gasteiger partial charge in [-0.05, 0) is 23.8 Å². The molecular formula is C14H19ClN2O3. The number of hydrogen-bond donors (Lipinski definition) is 1. The summed E-state index contributed by atoms with van der Waals surface area (Å²) in [6.45, 7) is 0.211. The summed E-state index contributed by atoms with van der Waals surface area (Å²) >= 11 is 0. The molecule has 1 unspecified atom stereocenters. The quantitative estimate of drug-likeness (QED) is 0.875. The number of carbonyl (C=O) groups excluding carboxylic acids is 1. The molecule has 1 heterocycles. The average Bonchev–Trinajstić information content (AvgIpc) is 2.76. The molecular weight excluding hydrogens is 280 g/mol. The molecule has 0 bridgehead atoms. The molecule has 0 saturated carbocycles. The van der Waals surface area contributed by atoms with Gasteiger partial charge >= 0.3 is 5.97 Å². The van der Waals surface area contributed by atoms with Crippen molar-refractivity contribution in [1.29, 1.82) is 0 Å². The minimum Gasteiger partial charge on any atom is -0.497 e. The first-order valence-corrected chi connectivity index (χ1v) is 6.03. The molecule has 1 atom stereocenters. The van der Waals surface area contributed by atoms with Crippen molar-refractivity contribution in [1.82, 2.24) is 4.57 Å². The van der Waals surface area contributed by atoms with E-state index in [1.165, 1.54) is 7.11 Å². The molecule has 2 rings (SSSR count). The number of benzene rings is 1. The fourth-order valence-electron chi connectivity index (χ4n) is 2.30. The van der Waals surface area contributed by atoms with Crippen molar-refractivity contribution in [3.8, 4) is 5.75 Å². The summed E-state index contributed by atoms with van der Waals surface area (Å²) in [5.41, 5.74) is 7.60. The van der Waals surface area contributed by atoms with E-state index in [1.54, 1.807) is 7.11 Å². The van der Waals surface area contributed by atoms with Gasteiger partial charge in [0.15, 0.2) is 0 Å². The second kappa shape index (κ2) is 6.63. The summed E-state index contributed by atoms with van der Waals surface area (Å²) in [5, 5.41) is 0.961. The maximum absolute atomic E-state index is 11.8. The number of aromatic nitrogens is 1. The Morgan fingerprint density at radius 1 is 1.40 bits per heavy atom. The molecule has 110 valence electrons. The van der Waals surface area contributed by atoms with Gasteiger partial charge in [-0.3, -0.25) is 4.79 Å². The largest absolute Gasteiger partial charge is 0.497 e. The summed E-state index contributed by atoms with van der Waals surface area (Å²) in [5.74, 6) is -0.0285. The van der Waals surface area contributed by atoms with Crippen LogP contribution in [0.25, 0.3) is 10.9 Å². The molecule has 0 amide bonds. The first-order valence-electron chi connectivity index (χ1n) is 6.03. The van der Waals surface area contributed by atoms with Crippen molar-refractivity contribution in [2.75, 3.05) is 20.8 Å². The first-order chi connectivity index (χ1) is 9.12. The van der Waals surface area contributed by atoms with Crippen molar-refractivity contribution < 1.29 is 14.3 Å². The van der Waals surface area contributed by atoms with Crippen molar-refractivity contribution in [3.05, 3.63) is 30.0 Å². The number of aryl methyl sites for hydroxylation is 1. The van der Waals surface area contributed by atoms with E-state index in [1.807, 2.05) is 36.0 Å². The Hall–Kier alpha value is -1.72. The maximum atomic E-state index is 11.8. The van der Waals surface area contributed by atoms with Crippen molar-refractivity contribution in [2.24, 2.45) is 12.8 Å². The monoisotopic (exact) mass is 298 g/mol. The predicted molar refractivity (Wildman–Crippen MR) is 80.5 cm³/mol. The van der Waals surface area contributed by atoms with Crippen LogP contribution in [0, 0.1) is 0 Å². The van der Waals surface area contributed by atoms with E-state index in [-0.39, 0.29) is 24.9 Å². The van der Waals surface area contributed by atoms with Crippen LogP contribution in [0.2, 0.25) is 0 Å². The number of fused-ring (bicyclic) bond motifs is 1. The molecule has 2 N–H and O–H groups in total. The van der Waals surface area contributed by atoms with Crippen LogP contribution in [-0.2, 0) is 16.6 Å². The Morgan fingerprint density at radius 2 is 2.10 bits per heavy atom. The predicted octanol–water partition coefficient (Wildman–Crippen LogP) is 1.82. The van der Waals surface area contributed by atoms with Crippen LogP contribution in [0.4, 0.5) is 0 Å². The Kier molecular flexibility index (Phi) is 5.42. The van der Waals surface area contributed by atoms with Crippen LogP contribution in [0.5, 0.6) is 5.75 Å². The summed E-state index contributed by atoms with van der Waals surface area (Å²) in [6.07, 6.45) is 1.92. The highest BCUT2D eigenvalue weighted by Crippen LogP contribution is 2.30. The molecule has 0 aliphatic rings. The van der Waals surface area contributed by atoms with Gasteiger partial charge in [0.2, 0.25) is 0 Å². The molecule has 0 aliphatic carbocycles. The zero-order valence-corrected chi connectivity index (χ0v) is 12.6. The number of nitrogens with zero attached hydrogens (tertiary/aromatic N) is 1. The number of ether oxygens (including phenoxy) is 2. The van der Waals surface area contributed by atoms with E-state index >= 15 is 0 Å². The number of halogens is 1. The summed E-state index contributed by atoms with van der Waals surface area (Å²) in [4.78, 5) is 11.8. The Morgan fingerprint density at radius 3 is 2.65 bits per heavy atom. The lowest BCUT2D eigenvalue weighted by molar-refractivity contribution is -0.142. The third kappa shape index (κ3) is 2.73. The number of methoxy groups -OCH3 is 2. The zero-order chi connectivity index (χ0) is 14.0. The molecule has 2 aromatic rings. The highest BCUT2D eigenvalue weighted by molar-refractivity contribution is 5.91. The van der Waals surface area contributed by atoms with Gasteiger partial charge in [0.1, 0.15) is 5.75 Å². The summed E-state index contributed by atoms with van der Waals surface area (Å²) < 4.78 is 12.0. The van der Waals surface area contributed by atoms with E-state index in [0.717, 1.165) is 22.2 Å². The second-order valence-electron chi connectivity index (χ2n) is 4.39. The van der Waals surface area contributed by atoms with Crippen LogP contribution < -0.4 is 10.5 Å². The van der Waals surface area contributed by atoms with Gasteiger partial charge < -0.3 is 19.8 Å². The maximum Gasteiger partial charge on any atom is 0.314 e. The van der Waals surface area contributed by atoms with E-state index in [2.05, 4.69) is 0 Å². The third-order valence-corrected chi connectivity index (χ3v) is 3.32. The number of esters is 1. The van der Waals surface area contributed by atoms with E-state index < -0.39 is 5.92 Å². The van der Waals surface area contributed by atoms with E-state index in [4.69, 9.17) is 15.2 Å². The van der Waals surface area contributed by atoms with Crippen LogP contribution in [0.1, 0.15) is 11.5 Å². The molecule has 0 radical (unpaired) electrons. The Balaban J connectivity index is 0.00000200. The highest BCUT2D eigenvalue weighted by atomic mass is 35.5. The minimum absolute atomic E-state index is 0. The van der Waals surface area contributed by atoms with Gasteiger partial charge in [0.05, 0.1) is 20.1 Å². The topological polar surface area (TPSA) is 66.5 Å². The van der Waals surface area contributed by atoms with E-state index in [9.17, 15) is 4.79 Å². The Bertz CT molecular complexity index is 610. The SMILES string of the molecule is COC(=O)C(CN)c1cn(C)c2ccc(OC)cc12.Cl. The smallest absolute Gasteiger partial charge is 0.314 e. The average molecular weight is 299 g/mol. The van der Waals surface area contributed by atoms with Crippen LogP contribution in [0.3, 0.4) is 0 Å². The second-order valence-corrected chi connectivity index (χ2v) is 4.39. The summed E-state index contributed by atoms with van der Waals surface area (Å²) in [7, 11) is 4.92. The number of nitrogens with two attached hydrogens (primary N) is 1. The molecule has 0 spiro atoms. The van der Waals surface area contributed by atoms with Gasteiger partial charge in [0, 0.05) is 30.7 Å². The fourth-order valence-corrected chi connectivity index (χ4v) is 2.30. The minimum atomic E-state index is -0.458. The molecule has 6 heteroatoms. The number of rotatable bonds is 4. The van der Waals surface area contributed by atoms with Gasteiger partial charge in [-0.1, -0.05) is 0 Å². The lowest BCUT2D eigenvalue weighted by Crippen LogP contribution is -2.22. The number of hydrogen-bond acceptors (Lipinski definition) is 4. The van der Waals surface area contributed by atoms with Crippen LogP contribution in [-0.4, -0.2) is 31.3 Å². The highest BCUT2D eigenvalue weighted by Gasteiger charge is 2.23. The Labute approximate surface area is 124 Å². The molecule has 0 aliphatic heterocycles. The fraction of sp³-hybridized carbons (Fsp3) is 0.357. The zero-order valence-electron chi connectivity index (χ0n) is 11.8. The van der Waals surface area contributed by atoms with Crippen molar-refractivity contribution in [3.63, 3.8) is 0 Å². The molecule has 0 fully saturated rings. The normalized spacial score (nSPS) is 11.8. The first kappa shape index (κ1) is 16.3. The molecule has 1 aromatic carbocycles. The standard InChI is InChI=1S/C14H18N2O3.ClH/c1-16-8-12(11(7-15)14(17)19-3)10-6-9(18-2)4-5-13(10)16;/h4-6,8,11H,7,15H2,1-3H3;1H. The van der Waals surface area contributed by atoms with Crippen LogP contribution >= 0.6 is 12.4 Å². The molecule has 0 saturated heterocycles. The van der Waals surface area contributed by atoms with Gasteiger partial charge in [-0.2, -0.15) is 0 Å². The number of carbonyl (C=O) groups is 1. The lowest BCUT2D eigenvalue weighted by atomic mass is 9.99. The van der Waals surface area contributed by atoms with Crippen LogP contribution in [0.15, 0.2) is 24.4 Å². The molecule has 20 heavy (non-hydrogen) atoms. The third-order valence-electron chi connectivity index (χ3n) is 3.32. The van der Waals surface area contributed by atoms with Crippen molar-refractivity contribution >= 4 is 29.3 Å². The van der Waals surface area contributed by atoms with E-state index in [0.29, 0.717) is 0 Å². The van der Waals surface area contributed by atoms with Gasteiger partial charge in [-0.15, -0.1) is 12.4 Å². The summed E-state index contributed by atoms with van der Waals surface area (Å²) in [6, 6.07) is 5.76. The van der Waals surface area contributed by atoms with Gasteiger partial charge in [0.25, 0.3) is 0 Å². The lowest BCUT2D eigenvalue weighted by Gasteiger charge is -2.11. The molecule has 1 aromatic heterocycles. The molecule has 5 nitrogen and oxygen atoms in total. The van der Waals surface area contributed by atoms with Crippen molar-refractivity contribution in [2.45, 2.75) is 5.92 Å². The van der Waals surface area contributed by atoms with Gasteiger partial charge in [-0.25, -0.2) is 0 Å².